The van der Waals surface area contributed by atoms with Gasteiger partial charge < -0.3 is 9.47 Å². The quantitative estimate of drug-likeness (QED) is 0.825. The van der Waals surface area contributed by atoms with Crippen molar-refractivity contribution in [2.75, 3.05) is 13.7 Å². The van der Waals surface area contributed by atoms with Gasteiger partial charge in [0.15, 0.2) is 6.61 Å². The maximum absolute atomic E-state index is 12.0. The molecule has 0 saturated carbocycles. The molecule has 0 atom stereocenters. The standard InChI is InChI=1S/C18H20N2O4/c1-12-8-13(2)10-14(9-12)18(22)20-19-17(21)11-24-16-6-4-15(23-3)5-7-16/h4-10H,11H2,1-3H3,(H,19,21)(H,20,22). The van der Waals surface area contributed by atoms with E-state index >= 15 is 0 Å². The van der Waals surface area contributed by atoms with Crippen LogP contribution in [0.3, 0.4) is 0 Å². The molecular weight excluding hydrogens is 308 g/mol. The number of carbonyl (C=O) groups is 2. The average Bonchev–Trinajstić information content (AvgIpc) is 2.57. The lowest BCUT2D eigenvalue weighted by molar-refractivity contribution is -0.123. The number of ether oxygens (including phenoxy) is 2. The zero-order valence-corrected chi connectivity index (χ0v) is 13.9. The van der Waals surface area contributed by atoms with Gasteiger partial charge in [0.05, 0.1) is 7.11 Å². The fraction of sp³-hybridized carbons (Fsp3) is 0.222. The van der Waals surface area contributed by atoms with Gasteiger partial charge in [-0.15, -0.1) is 0 Å². The van der Waals surface area contributed by atoms with Crippen molar-refractivity contribution in [3.05, 3.63) is 59.2 Å². The van der Waals surface area contributed by atoms with Gasteiger partial charge in [-0.3, -0.25) is 20.4 Å². The second kappa shape index (κ2) is 8.01. The molecule has 0 heterocycles. The summed E-state index contributed by atoms with van der Waals surface area (Å²) in [5, 5.41) is 0. The topological polar surface area (TPSA) is 76.7 Å². The number of rotatable bonds is 5. The van der Waals surface area contributed by atoms with Crippen molar-refractivity contribution in [3.63, 3.8) is 0 Å². The summed E-state index contributed by atoms with van der Waals surface area (Å²) in [5.74, 6) is 0.405. The molecule has 24 heavy (non-hydrogen) atoms. The number of hydrogen-bond acceptors (Lipinski definition) is 4. The summed E-state index contributed by atoms with van der Waals surface area (Å²) in [7, 11) is 1.57. The van der Waals surface area contributed by atoms with Crippen molar-refractivity contribution in [2.45, 2.75) is 13.8 Å². The lowest BCUT2D eigenvalue weighted by atomic mass is 10.1. The maximum atomic E-state index is 12.0. The van der Waals surface area contributed by atoms with Crippen LogP contribution in [-0.2, 0) is 4.79 Å². The van der Waals surface area contributed by atoms with Crippen molar-refractivity contribution in [1.82, 2.24) is 10.9 Å². The van der Waals surface area contributed by atoms with Gasteiger partial charge in [-0.1, -0.05) is 17.2 Å². The number of amides is 2. The van der Waals surface area contributed by atoms with Gasteiger partial charge in [0.1, 0.15) is 11.5 Å². The highest BCUT2D eigenvalue weighted by Gasteiger charge is 2.09. The first-order valence-corrected chi connectivity index (χ1v) is 7.42. The molecule has 0 radical (unpaired) electrons. The molecule has 0 aliphatic rings. The average molecular weight is 328 g/mol. The van der Waals surface area contributed by atoms with Crippen LogP contribution in [0.25, 0.3) is 0 Å². The predicted molar refractivity (Wildman–Crippen MR) is 90.0 cm³/mol. The first kappa shape index (κ1) is 17.3. The zero-order chi connectivity index (χ0) is 17.5. The molecule has 0 aliphatic carbocycles. The van der Waals surface area contributed by atoms with Gasteiger partial charge in [-0.25, -0.2) is 0 Å². The third kappa shape index (κ3) is 5.01. The molecule has 2 amide bonds. The number of nitrogens with one attached hydrogen (secondary N) is 2. The number of methoxy groups -OCH3 is 1. The third-order valence-electron chi connectivity index (χ3n) is 3.23. The molecule has 6 nitrogen and oxygen atoms in total. The summed E-state index contributed by atoms with van der Waals surface area (Å²) in [6, 6.07) is 12.3. The van der Waals surface area contributed by atoms with Crippen LogP contribution in [0.1, 0.15) is 21.5 Å². The third-order valence-corrected chi connectivity index (χ3v) is 3.23. The minimum absolute atomic E-state index is 0.209. The van der Waals surface area contributed by atoms with Crippen molar-refractivity contribution in [1.29, 1.82) is 0 Å². The molecule has 0 aliphatic heterocycles. The first-order chi connectivity index (χ1) is 11.5. The Bertz CT molecular complexity index is 706. The van der Waals surface area contributed by atoms with Gasteiger partial charge in [-0.05, 0) is 50.2 Å². The van der Waals surface area contributed by atoms with Gasteiger partial charge >= 0.3 is 0 Å². The van der Waals surface area contributed by atoms with Gasteiger partial charge in [0.25, 0.3) is 11.8 Å². The Labute approximate surface area is 140 Å². The second-order valence-corrected chi connectivity index (χ2v) is 5.34. The molecular formula is C18H20N2O4. The number of hydrazine groups is 1. The molecule has 0 unspecified atom stereocenters. The summed E-state index contributed by atoms with van der Waals surface area (Å²) < 4.78 is 10.4. The van der Waals surface area contributed by atoms with Gasteiger partial charge in [0.2, 0.25) is 0 Å². The predicted octanol–water partition coefficient (Wildman–Crippen LogP) is 2.15. The van der Waals surface area contributed by atoms with Crippen molar-refractivity contribution < 1.29 is 19.1 Å². The molecule has 2 aromatic carbocycles. The Morgan fingerprint density at radius 3 is 2.08 bits per heavy atom. The van der Waals surface area contributed by atoms with E-state index in [0.717, 1.165) is 11.1 Å². The van der Waals surface area contributed by atoms with E-state index in [0.29, 0.717) is 17.1 Å². The molecule has 0 bridgehead atoms. The van der Waals surface area contributed by atoms with E-state index in [1.807, 2.05) is 19.9 Å². The Balaban J connectivity index is 1.80. The molecule has 0 spiro atoms. The Morgan fingerprint density at radius 2 is 1.50 bits per heavy atom. The molecule has 126 valence electrons. The van der Waals surface area contributed by atoms with Crippen molar-refractivity contribution >= 4 is 11.8 Å². The van der Waals surface area contributed by atoms with E-state index in [9.17, 15) is 9.59 Å². The molecule has 0 aromatic heterocycles. The highest BCUT2D eigenvalue weighted by molar-refractivity contribution is 5.95. The van der Waals surface area contributed by atoms with Crippen LogP contribution < -0.4 is 20.3 Å². The van der Waals surface area contributed by atoms with Crippen LogP contribution in [0.15, 0.2) is 42.5 Å². The molecule has 0 saturated heterocycles. The Kier molecular flexibility index (Phi) is 5.78. The fourth-order valence-corrected chi connectivity index (χ4v) is 2.16. The summed E-state index contributed by atoms with van der Waals surface area (Å²) in [5.41, 5.74) is 7.15. The number of aryl methyl sites for hydroxylation is 2. The van der Waals surface area contributed by atoms with Crippen LogP contribution in [0.4, 0.5) is 0 Å². The highest BCUT2D eigenvalue weighted by atomic mass is 16.5. The fourth-order valence-electron chi connectivity index (χ4n) is 2.16. The summed E-state index contributed by atoms with van der Waals surface area (Å²) in [6.07, 6.45) is 0. The number of hydrogen-bond donors (Lipinski definition) is 2. The van der Waals surface area contributed by atoms with Crippen molar-refractivity contribution in [2.24, 2.45) is 0 Å². The Morgan fingerprint density at radius 1 is 0.917 bits per heavy atom. The normalized spacial score (nSPS) is 9.96. The molecule has 2 rings (SSSR count). The minimum atomic E-state index is -0.455. The van der Waals surface area contributed by atoms with Gasteiger partial charge in [-0.2, -0.15) is 0 Å². The second-order valence-electron chi connectivity index (χ2n) is 5.34. The maximum Gasteiger partial charge on any atom is 0.276 e. The smallest absolute Gasteiger partial charge is 0.276 e. The lowest BCUT2D eigenvalue weighted by Crippen LogP contribution is -2.43. The lowest BCUT2D eigenvalue weighted by Gasteiger charge is -2.10. The minimum Gasteiger partial charge on any atom is -0.497 e. The molecule has 6 heteroatoms. The van der Waals surface area contributed by atoms with E-state index in [1.165, 1.54) is 0 Å². The Hall–Kier alpha value is -3.02. The van der Waals surface area contributed by atoms with Crippen LogP contribution >= 0.6 is 0 Å². The van der Waals surface area contributed by atoms with E-state index in [4.69, 9.17) is 9.47 Å². The first-order valence-electron chi connectivity index (χ1n) is 7.42. The zero-order valence-electron chi connectivity index (χ0n) is 13.9. The SMILES string of the molecule is COc1ccc(OCC(=O)NNC(=O)c2cc(C)cc(C)c2)cc1. The van der Waals surface area contributed by atoms with Crippen LogP contribution in [-0.4, -0.2) is 25.5 Å². The molecule has 2 aromatic rings. The number of benzene rings is 2. The van der Waals surface area contributed by atoms with Crippen LogP contribution in [0.5, 0.6) is 11.5 Å². The monoisotopic (exact) mass is 328 g/mol. The van der Waals surface area contributed by atoms with Crippen molar-refractivity contribution in [3.8, 4) is 11.5 Å². The summed E-state index contributed by atoms with van der Waals surface area (Å²) >= 11 is 0. The van der Waals surface area contributed by atoms with E-state index in [1.54, 1.807) is 43.5 Å². The van der Waals surface area contributed by atoms with Gasteiger partial charge in [0, 0.05) is 5.56 Å². The number of carbonyl (C=O) groups excluding carboxylic acids is 2. The van der Waals surface area contributed by atoms with E-state index in [2.05, 4.69) is 10.9 Å². The van der Waals surface area contributed by atoms with Crippen LogP contribution in [0, 0.1) is 13.8 Å². The molecule has 2 N–H and O–H groups in total. The highest BCUT2D eigenvalue weighted by Crippen LogP contribution is 2.16. The van der Waals surface area contributed by atoms with E-state index < -0.39 is 5.91 Å². The largest absolute Gasteiger partial charge is 0.497 e. The van der Waals surface area contributed by atoms with E-state index in [-0.39, 0.29) is 12.5 Å². The summed E-state index contributed by atoms with van der Waals surface area (Å²) in [6.45, 7) is 3.61. The summed E-state index contributed by atoms with van der Waals surface area (Å²) in [4.78, 5) is 23.8. The van der Waals surface area contributed by atoms with Crippen LogP contribution in [0.2, 0.25) is 0 Å². The molecule has 0 fully saturated rings.